The Labute approximate surface area is 246 Å². The van der Waals surface area contributed by atoms with E-state index in [0.29, 0.717) is 25.0 Å². The van der Waals surface area contributed by atoms with Crippen molar-refractivity contribution in [3.05, 3.63) is 68.8 Å². The molecule has 4 N–H and O–H groups in total. The fourth-order valence-corrected chi connectivity index (χ4v) is 4.61. The third-order valence-corrected chi connectivity index (χ3v) is 7.52. The predicted molar refractivity (Wildman–Crippen MR) is 146 cm³/mol. The van der Waals surface area contributed by atoms with E-state index in [1.807, 2.05) is 4.72 Å². The summed E-state index contributed by atoms with van der Waals surface area (Å²) in [5.74, 6) is -7.84. The van der Waals surface area contributed by atoms with Crippen LogP contribution in [0, 0.1) is 24.4 Å². The van der Waals surface area contributed by atoms with Gasteiger partial charge in [-0.1, -0.05) is 0 Å². The fraction of sp³-hybridized carbons (Fsp3) is 0.308. The van der Waals surface area contributed by atoms with E-state index < -0.39 is 90.9 Å². The van der Waals surface area contributed by atoms with Crippen LogP contribution in [0.5, 0.6) is 17.2 Å². The van der Waals surface area contributed by atoms with Gasteiger partial charge in [0, 0.05) is 26.2 Å². The van der Waals surface area contributed by atoms with Crippen LogP contribution in [0.3, 0.4) is 0 Å². The molecule has 11 nitrogen and oxygen atoms in total. The van der Waals surface area contributed by atoms with Gasteiger partial charge in [0.1, 0.15) is 22.9 Å². The summed E-state index contributed by atoms with van der Waals surface area (Å²) in [6.07, 6.45) is -3.64. The molecule has 0 aliphatic heterocycles. The average Bonchev–Trinajstić information content (AvgIpc) is 3.77. The molecular weight excluding hydrogens is 624 g/mol. The van der Waals surface area contributed by atoms with E-state index in [-0.39, 0.29) is 17.7 Å². The van der Waals surface area contributed by atoms with Crippen molar-refractivity contribution < 1.29 is 49.0 Å². The minimum absolute atomic E-state index is 0.218. The summed E-state index contributed by atoms with van der Waals surface area (Å²) in [6, 6.07) is 1.76. The topological polar surface area (TPSA) is 140 Å². The van der Waals surface area contributed by atoms with Crippen molar-refractivity contribution in [1.29, 1.82) is 0 Å². The van der Waals surface area contributed by atoms with E-state index in [4.69, 9.17) is 9.47 Å². The number of rotatable bonds is 10. The van der Waals surface area contributed by atoms with Gasteiger partial charge in [0.05, 0.1) is 23.9 Å². The fourth-order valence-electron chi connectivity index (χ4n) is 4.05. The molecule has 0 atom stereocenters. The number of nitrogens with zero attached hydrogens (tertiary/aromatic N) is 1. The molecule has 1 aliphatic carbocycles. The van der Waals surface area contributed by atoms with Crippen LogP contribution in [0.4, 0.5) is 43.5 Å². The smallest absolute Gasteiger partial charge is 0.416 e. The van der Waals surface area contributed by atoms with E-state index in [9.17, 15) is 44.3 Å². The molecule has 0 saturated heterocycles. The number of methoxy groups -OCH3 is 1. The molecule has 0 spiro atoms. The first-order chi connectivity index (χ1) is 20.5. The van der Waals surface area contributed by atoms with Gasteiger partial charge in [0.2, 0.25) is 0 Å². The summed E-state index contributed by atoms with van der Waals surface area (Å²) >= 11 is 0. The van der Waals surface area contributed by atoms with Gasteiger partial charge in [-0.25, -0.2) is 17.9 Å². The number of amides is 1. The van der Waals surface area contributed by atoms with Gasteiger partial charge >= 0.3 is 6.18 Å². The molecule has 1 aromatic heterocycles. The SMILES string of the molecule is CNS(=O)(=O)Nc1c(F)c(F)cc(Oc2c(C(=O)NC3CC3)c(Nc3ccc(C(F)(F)F)cc3F)n(C)c(=O)c2C)c1OC. The molecule has 0 radical (unpaired) electrons. The summed E-state index contributed by atoms with van der Waals surface area (Å²) in [5.41, 5.74) is -4.39. The van der Waals surface area contributed by atoms with Crippen LogP contribution in [-0.4, -0.2) is 39.1 Å². The maximum absolute atomic E-state index is 14.8. The first-order valence-electron chi connectivity index (χ1n) is 12.6. The quantitative estimate of drug-likeness (QED) is 0.238. The summed E-state index contributed by atoms with van der Waals surface area (Å²) in [4.78, 5) is 26.8. The van der Waals surface area contributed by atoms with Crippen molar-refractivity contribution in [2.24, 2.45) is 7.05 Å². The van der Waals surface area contributed by atoms with Gasteiger partial charge in [-0.05, 0) is 38.0 Å². The van der Waals surface area contributed by atoms with Gasteiger partial charge in [0.15, 0.2) is 28.9 Å². The number of aromatic nitrogens is 1. The number of hydrogen-bond donors (Lipinski definition) is 4. The van der Waals surface area contributed by atoms with Crippen LogP contribution in [0.25, 0.3) is 0 Å². The van der Waals surface area contributed by atoms with Crippen molar-refractivity contribution in [3.63, 3.8) is 0 Å². The Kier molecular flexibility index (Phi) is 8.79. The second-order valence-electron chi connectivity index (χ2n) is 9.60. The number of pyridine rings is 1. The minimum Gasteiger partial charge on any atom is -0.491 e. The highest BCUT2D eigenvalue weighted by Gasteiger charge is 2.34. The molecule has 3 aromatic rings. The monoisotopic (exact) mass is 649 g/mol. The van der Waals surface area contributed by atoms with E-state index in [1.165, 1.54) is 14.0 Å². The van der Waals surface area contributed by atoms with Gasteiger partial charge < -0.3 is 20.1 Å². The second kappa shape index (κ2) is 11.9. The number of ether oxygens (including phenoxy) is 2. The molecule has 1 fully saturated rings. The molecule has 44 heavy (non-hydrogen) atoms. The van der Waals surface area contributed by atoms with Crippen LogP contribution in [0.1, 0.15) is 34.3 Å². The number of nitrogens with one attached hydrogen (secondary N) is 4. The average molecular weight is 650 g/mol. The molecule has 1 saturated carbocycles. The largest absolute Gasteiger partial charge is 0.491 e. The van der Waals surface area contributed by atoms with Crippen molar-refractivity contribution in [2.45, 2.75) is 32.0 Å². The highest BCUT2D eigenvalue weighted by atomic mass is 32.2. The lowest BCUT2D eigenvalue weighted by Gasteiger charge is -2.23. The number of carbonyl (C=O) groups is 1. The first kappa shape index (κ1) is 32.5. The summed E-state index contributed by atoms with van der Waals surface area (Å²) in [6.45, 7) is 1.23. The number of carbonyl (C=O) groups excluding carboxylic acids is 1. The van der Waals surface area contributed by atoms with Crippen molar-refractivity contribution in [2.75, 3.05) is 24.2 Å². The Morgan fingerprint density at radius 2 is 1.73 bits per heavy atom. The van der Waals surface area contributed by atoms with Gasteiger partial charge in [-0.3, -0.25) is 18.9 Å². The number of alkyl halides is 3. The normalized spacial score (nSPS) is 13.4. The van der Waals surface area contributed by atoms with Gasteiger partial charge in [-0.15, -0.1) is 0 Å². The Bertz CT molecular complexity index is 1810. The highest BCUT2D eigenvalue weighted by Crippen LogP contribution is 2.44. The standard InChI is InChI=1S/C26H25F6N5O6S/c1-11-21(43-17-10-15(28)19(29)20(22(17)42-4)36-44(40,41)33-2)18(24(38)34-13-6-7-13)23(37(3)25(11)39)35-16-8-5-12(9-14(16)27)26(30,31)32/h5,8-10,13,33,35-36H,6-7H2,1-4H3,(H,34,38). The molecular formula is C26H25F6N5O6S. The summed E-state index contributed by atoms with van der Waals surface area (Å²) in [7, 11) is -1.25. The highest BCUT2D eigenvalue weighted by molar-refractivity contribution is 7.90. The van der Waals surface area contributed by atoms with E-state index in [0.717, 1.165) is 24.8 Å². The number of anilines is 3. The molecule has 0 bridgehead atoms. The molecule has 2 aromatic carbocycles. The Hall–Kier alpha value is -4.45. The van der Waals surface area contributed by atoms with E-state index in [2.05, 4.69) is 10.6 Å². The van der Waals surface area contributed by atoms with Gasteiger partial charge in [0.25, 0.3) is 21.7 Å². The molecule has 0 unspecified atom stereocenters. The van der Waals surface area contributed by atoms with Crippen LogP contribution >= 0.6 is 0 Å². The molecule has 18 heteroatoms. The zero-order valence-electron chi connectivity index (χ0n) is 23.4. The van der Waals surface area contributed by atoms with Crippen LogP contribution in [0.2, 0.25) is 0 Å². The van der Waals surface area contributed by atoms with Gasteiger partial charge in [-0.2, -0.15) is 21.6 Å². The van der Waals surface area contributed by atoms with Crippen molar-refractivity contribution >= 4 is 33.3 Å². The molecule has 1 amide bonds. The van der Waals surface area contributed by atoms with Crippen molar-refractivity contribution in [3.8, 4) is 17.2 Å². The molecule has 238 valence electrons. The lowest BCUT2D eigenvalue weighted by molar-refractivity contribution is -0.137. The van der Waals surface area contributed by atoms with Crippen LogP contribution < -0.4 is 35.1 Å². The van der Waals surface area contributed by atoms with E-state index >= 15 is 0 Å². The minimum atomic E-state index is -4.85. The zero-order chi connectivity index (χ0) is 32.7. The van der Waals surface area contributed by atoms with Crippen LogP contribution in [0.15, 0.2) is 29.1 Å². The molecule has 1 aliphatic rings. The number of halogens is 6. The Morgan fingerprint density at radius 1 is 1.07 bits per heavy atom. The maximum atomic E-state index is 14.8. The van der Waals surface area contributed by atoms with Crippen LogP contribution in [-0.2, 0) is 23.4 Å². The number of benzene rings is 2. The zero-order valence-corrected chi connectivity index (χ0v) is 24.2. The molecule has 1 heterocycles. The van der Waals surface area contributed by atoms with Crippen molar-refractivity contribution in [1.82, 2.24) is 14.6 Å². The first-order valence-corrected chi connectivity index (χ1v) is 14.1. The summed E-state index contributed by atoms with van der Waals surface area (Å²) < 4.78 is 123. The second-order valence-corrected chi connectivity index (χ2v) is 11.2. The number of hydrogen-bond acceptors (Lipinski definition) is 7. The maximum Gasteiger partial charge on any atom is 0.416 e. The van der Waals surface area contributed by atoms with E-state index in [1.54, 1.807) is 4.72 Å². The third kappa shape index (κ3) is 6.54. The Balaban J connectivity index is 1.94. The molecule has 4 rings (SSSR count). The Morgan fingerprint density at radius 3 is 2.27 bits per heavy atom. The third-order valence-electron chi connectivity index (χ3n) is 6.51. The predicted octanol–water partition coefficient (Wildman–Crippen LogP) is 4.44. The lowest BCUT2D eigenvalue weighted by atomic mass is 10.1. The lowest BCUT2D eigenvalue weighted by Crippen LogP contribution is -2.32. The summed E-state index contributed by atoms with van der Waals surface area (Å²) in [5, 5.41) is 5.13.